The van der Waals surface area contributed by atoms with Gasteiger partial charge in [0.25, 0.3) is 11.8 Å². The van der Waals surface area contributed by atoms with Gasteiger partial charge in [-0.2, -0.15) is 0 Å². The maximum Gasteiger partial charge on any atom is 0.255 e. The summed E-state index contributed by atoms with van der Waals surface area (Å²) < 4.78 is 16.1. The molecule has 2 aromatic carbocycles. The molecule has 2 amide bonds. The Hall–Kier alpha value is -3.22. The molecule has 0 radical (unpaired) electrons. The van der Waals surface area contributed by atoms with Crippen molar-refractivity contribution in [2.45, 2.75) is 12.5 Å². The third kappa shape index (κ3) is 3.88. The molecule has 0 bridgehead atoms. The first-order valence-electron chi connectivity index (χ1n) is 8.20. The van der Waals surface area contributed by atoms with Crippen LogP contribution >= 0.6 is 0 Å². The minimum absolute atomic E-state index is 0.121. The third-order valence-electron chi connectivity index (χ3n) is 4.06. The molecule has 1 aliphatic rings. The largest absolute Gasteiger partial charge is 0.493 e. The van der Waals surface area contributed by atoms with E-state index in [0.717, 1.165) is 11.3 Å². The molecule has 2 aromatic rings. The van der Waals surface area contributed by atoms with Crippen LogP contribution in [0.15, 0.2) is 42.5 Å². The highest BCUT2D eigenvalue weighted by Crippen LogP contribution is 2.32. The van der Waals surface area contributed by atoms with Gasteiger partial charge in [0.05, 0.1) is 19.8 Å². The molecule has 0 aromatic heterocycles. The summed E-state index contributed by atoms with van der Waals surface area (Å²) in [6, 6.07) is 12.3. The Bertz CT molecular complexity index is 821. The van der Waals surface area contributed by atoms with Crippen LogP contribution in [0.3, 0.4) is 0 Å². The molecule has 3 rings (SSSR count). The number of ether oxygens (including phenoxy) is 3. The van der Waals surface area contributed by atoms with Crippen molar-refractivity contribution in [2.24, 2.45) is 5.73 Å². The summed E-state index contributed by atoms with van der Waals surface area (Å²) in [4.78, 5) is 23.5. The minimum Gasteiger partial charge on any atom is -0.493 e. The van der Waals surface area contributed by atoms with Crippen molar-refractivity contribution < 1.29 is 23.8 Å². The number of nitrogens with two attached hydrogens (primary N) is 1. The van der Waals surface area contributed by atoms with E-state index in [2.05, 4.69) is 5.32 Å². The molecule has 0 saturated carbocycles. The highest BCUT2D eigenvalue weighted by Gasteiger charge is 2.23. The van der Waals surface area contributed by atoms with Crippen molar-refractivity contribution >= 4 is 11.8 Å². The van der Waals surface area contributed by atoms with E-state index in [0.29, 0.717) is 30.1 Å². The highest BCUT2D eigenvalue weighted by atomic mass is 16.5. The number of benzene rings is 2. The van der Waals surface area contributed by atoms with Crippen molar-refractivity contribution in [1.29, 1.82) is 0 Å². The van der Waals surface area contributed by atoms with Crippen LogP contribution in [-0.4, -0.2) is 32.1 Å². The number of rotatable bonds is 6. The van der Waals surface area contributed by atoms with E-state index in [9.17, 15) is 9.59 Å². The van der Waals surface area contributed by atoms with Gasteiger partial charge in [-0.05, 0) is 24.3 Å². The van der Waals surface area contributed by atoms with Gasteiger partial charge in [-0.15, -0.1) is 0 Å². The number of amides is 2. The number of fused-ring (bicyclic) bond motifs is 1. The van der Waals surface area contributed by atoms with Crippen molar-refractivity contribution in [2.75, 3.05) is 20.3 Å². The number of carbonyl (C=O) groups excluding carboxylic acids is 2. The number of para-hydroxylation sites is 1. The van der Waals surface area contributed by atoms with Crippen LogP contribution in [0.25, 0.3) is 0 Å². The molecule has 0 aliphatic carbocycles. The van der Waals surface area contributed by atoms with Gasteiger partial charge in [-0.1, -0.05) is 18.2 Å². The van der Waals surface area contributed by atoms with Gasteiger partial charge in [0.1, 0.15) is 5.75 Å². The van der Waals surface area contributed by atoms with Crippen molar-refractivity contribution in [1.82, 2.24) is 5.32 Å². The molecule has 0 fully saturated rings. The van der Waals surface area contributed by atoms with Gasteiger partial charge in [-0.3, -0.25) is 9.59 Å². The number of hydrogen-bond donors (Lipinski definition) is 2. The van der Waals surface area contributed by atoms with Gasteiger partial charge >= 0.3 is 0 Å². The quantitative estimate of drug-likeness (QED) is 0.822. The molecule has 1 heterocycles. The summed E-state index contributed by atoms with van der Waals surface area (Å²) in [7, 11) is 1.46. The Labute approximate surface area is 151 Å². The lowest BCUT2D eigenvalue weighted by Crippen LogP contribution is -2.32. The summed E-state index contributed by atoms with van der Waals surface area (Å²) in [6.07, 6.45) is 0.694. The second-order valence-electron chi connectivity index (χ2n) is 5.82. The Morgan fingerprint density at radius 2 is 2.04 bits per heavy atom. The van der Waals surface area contributed by atoms with E-state index in [1.807, 2.05) is 24.3 Å². The van der Waals surface area contributed by atoms with Crippen LogP contribution in [0.4, 0.5) is 0 Å². The fraction of sp³-hybridized carbons (Fsp3) is 0.263. The molecule has 0 saturated heterocycles. The Morgan fingerprint density at radius 1 is 1.23 bits per heavy atom. The fourth-order valence-corrected chi connectivity index (χ4v) is 2.81. The van der Waals surface area contributed by atoms with E-state index in [1.54, 1.807) is 18.2 Å². The summed E-state index contributed by atoms with van der Waals surface area (Å²) in [5.41, 5.74) is 6.46. The van der Waals surface area contributed by atoms with E-state index in [4.69, 9.17) is 19.9 Å². The molecular formula is C19H20N2O5. The maximum atomic E-state index is 12.6. The molecular weight excluding hydrogens is 336 g/mol. The smallest absolute Gasteiger partial charge is 0.255 e. The normalized spacial score (nSPS) is 15.3. The lowest BCUT2D eigenvalue weighted by Gasteiger charge is -2.26. The van der Waals surface area contributed by atoms with Crippen LogP contribution in [0.1, 0.15) is 28.4 Å². The lowest BCUT2D eigenvalue weighted by molar-refractivity contribution is -0.119. The van der Waals surface area contributed by atoms with E-state index < -0.39 is 5.91 Å². The van der Waals surface area contributed by atoms with Crippen LogP contribution in [0, 0.1) is 0 Å². The standard InChI is InChI=1S/C19H20N2O5/c1-24-17-10-12(6-7-16(17)26-11-18(20)22)19(23)21-14-8-9-25-15-5-3-2-4-13(14)15/h2-7,10,14H,8-9,11H2,1H3,(H2,20,22)(H,21,23)/t14-/m1/s1. The Balaban J connectivity index is 1.75. The average molecular weight is 356 g/mol. The summed E-state index contributed by atoms with van der Waals surface area (Å²) in [5, 5.41) is 3.02. The zero-order valence-corrected chi connectivity index (χ0v) is 14.4. The molecule has 1 aliphatic heterocycles. The number of primary amides is 1. The molecule has 7 nitrogen and oxygen atoms in total. The first kappa shape index (κ1) is 17.6. The van der Waals surface area contributed by atoms with E-state index >= 15 is 0 Å². The summed E-state index contributed by atoms with van der Waals surface area (Å²) in [5.74, 6) is 0.667. The summed E-state index contributed by atoms with van der Waals surface area (Å²) in [6.45, 7) is 0.284. The number of nitrogens with one attached hydrogen (secondary N) is 1. The monoisotopic (exact) mass is 356 g/mol. The van der Waals surface area contributed by atoms with E-state index in [-0.39, 0.29) is 18.6 Å². The van der Waals surface area contributed by atoms with Gasteiger partial charge in [-0.25, -0.2) is 0 Å². The predicted molar refractivity (Wildman–Crippen MR) is 94.4 cm³/mol. The molecule has 1 atom stereocenters. The predicted octanol–water partition coefficient (Wildman–Crippen LogP) is 1.81. The zero-order valence-electron chi connectivity index (χ0n) is 14.4. The van der Waals surface area contributed by atoms with Crippen LogP contribution in [0.5, 0.6) is 17.2 Å². The SMILES string of the molecule is COc1cc(C(=O)N[C@@H]2CCOc3ccccc32)ccc1OCC(N)=O. The number of carbonyl (C=O) groups is 2. The molecule has 7 heteroatoms. The molecule has 0 unspecified atom stereocenters. The first-order valence-corrected chi connectivity index (χ1v) is 8.20. The highest BCUT2D eigenvalue weighted by molar-refractivity contribution is 5.95. The number of hydrogen-bond acceptors (Lipinski definition) is 5. The van der Waals surface area contributed by atoms with Crippen molar-refractivity contribution in [3.05, 3.63) is 53.6 Å². The van der Waals surface area contributed by atoms with Crippen molar-refractivity contribution in [3.8, 4) is 17.2 Å². The zero-order chi connectivity index (χ0) is 18.5. The van der Waals surface area contributed by atoms with Gasteiger partial charge in [0.15, 0.2) is 18.1 Å². The Kier molecular flexibility index (Phi) is 5.26. The molecule has 0 spiro atoms. The van der Waals surface area contributed by atoms with Crippen LogP contribution in [-0.2, 0) is 4.79 Å². The van der Waals surface area contributed by atoms with Crippen LogP contribution < -0.4 is 25.3 Å². The maximum absolute atomic E-state index is 12.6. The molecule has 136 valence electrons. The minimum atomic E-state index is -0.591. The second kappa shape index (κ2) is 7.77. The molecule has 26 heavy (non-hydrogen) atoms. The van der Waals surface area contributed by atoms with Gasteiger partial charge < -0.3 is 25.3 Å². The average Bonchev–Trinajstić information content (AvgIpc) is 2.66. The van der Waals surface area contributed by atoms with Gasteiger partial charge in [0, 0.05) is 17.5 Å². The van der Waals surface area contributed by atoms with Gasteiger partial charge in [0.2, 0.25) is 0 Å². The Morgan fingerprint density at radius 3 is 2.81 bits per heavy atom. The number of methoxy groups -OCH3 is 1. The van der Waals surface area contributed by atoms with Crippen molar-refractivity contribution in [3.63, 3.8) is 0 Å². The van der Waals surface area contributed by atoms with Crippen LogP contribution in [0.2, 0.25) is 0 Å². The third-order valence-corrected chi connectivity index (χ3v) is 4.06. The lowest BCUT2D eigenvalue weighted by atomic mass is 10.00. The molecule has 3 N–H and O–H groups in total. The first-order chi connectivity index (χ1) is 12.6. The second-order valence-corrected chi connectivity index (χ2v) is 5.82. The fourth-order valence-electron chi connectivity index (χ4n) is 2.81. The van der Waals surface area contributed by atoms with E-state index in [1.165, 1.54) is 7.11 Å². The summed E-state index contributed by atoms with van der Waals surface area (Å²) >= 11 is 0. The topological polar surface area (TPSA) is 99.9 Å².